The lowest BCUT2D eigenvalue weighted by Gasteiger charge is -2.17. The van der Waals surface area contributed by atoms with Crippen LogP contribution >= 0.6 is 11.8 Å². The summed E-state index contributed by atoms with van der Waals surface area (Å²) in [7, 11) is 0. The van der Waals surface area contributed by atoms with Crippen LogP contribution in [0.25, 0.3) is 0 Å². The normalized spacial score (nSPS) is 37.0. The fourth-order valence-electron chi connectivity index (χ4n) is 2.47. The Morgan fingerprint density at radius 2 is 2.06 bits per heavy atom. The minimum absolute atomic E-state index is 0.624. The molecule has 2 aliphatic rings. The van der Waals surface area contributed by atoms with Crippen molar-refractivity contribution >= 4 is 17.7 Å². The van der Waals surface area contributed by atoms with Crippen LogP contribution in [0.5, 0.6) is 0 Å². The van der Waals surface area contributed by atoms with Crippen LogP contribution in [0.4, 0.5) is 0 Å². The molecule has 0 bridgehead atoms. The quantitative estimate of drug-likeness (QED) is 0.597. The predicted molar refractivity (Wildman–Crippen MR) is 76.8 cm³/mol. The Hall–Kier alpha value is -0.380. The van der Waals surface area contributed by atoms with Crippen molar-refractivity contribution in [3.8, 4) is 0 Å². The summed E-state index contributed by atoms with van der Waals surface area (Å²) in [6.07, 6.45) is 7.43. The van der Waals surface area contributed by atoms with Gasteiger partial charge < -0.3 is 10.6 Å². The Morgan fingerprint density at radius 3 is 2.59 bits per heavy atom. The maximum absolute atomic E-state index is 4.54. The van der Waals surface area contributed by atoms with Crippen molar-refractivity contribution < 1.29 is 0 Å². The van der Waals surface area contributed by atoms with E-state index in [4.69, 9.17) is 0 Å². The van der Waals surface area contributed by atoms with Crippen molar-refractivity contribution in [2.45, 2.75) is 56.9 Å². The van der Waals surface area contributed by atoms with E-state index in [1.807, 2.05) is 11.8 Å². The molecule has 0 aromatic carbocycles. The van der Waals surface area contributed by atoms with E-state index in [0.717, 1.165) is 23.7 Å². The fraction of sp³-hybridized carbons (Fsp3) is 0.923. The van der Waals surface area contributed by atoms with Crippen LogP contribution in [0.2, 0.25) is 0 Å². The molecule has 0 aliphatic heterocycles. The van der Waals surface area contributed by atoms with Gasteiger partial charge in [0, 0.05) is 23.9 Å². The Kier molecular flexibility index (Phi) is 4.60. The van der Waals surface area contributed by atoms with E-state index < -0.39 is 0 Å². The summed E-state index contributed by atoms with van der Waals surface area (Å²) in [6.45, 7) is 5.24. The molecule has 2 rings (SSSR count). The lowest BCUT2D eigenvalue weighted by Crippen LogP contribution is -2.44. The maximum atomic E-state index is 4.54. The van der Waals surface area contributed by atoms with E-state index in [1.54, 1.807) is 0 Å². The van der Waals surface area contributed by atoms with Gasteiger partial charge in [-0.25, -0.2) is 0 Å². The molecule has 2 N–H and O–H groups in total. The minimum Gasteiger partial charge on any atom is -0.354 e. The molecular formula is C13H25N3S. The molecule has 98 valence electrons. The number of nitrogens with one attached hydrogen (secondary N) is 2. The third-order valence-electron chi connectivity index (χ3n) is 3.81. The molecule has 0 spiro atoms. The summed E-state index contributed by atoms with van der Waals surface area (Å²) in [5, 5.41) is 7.97. The molecule has 2 fully saturated rings. The lowest BCUT2D eigenvalue weighted by atomic mass is 10.2. The Morgan fingerprint density at radius 1 is 1.29 bits per heavy atom. The van der Waals surface area contributed by atoms with Crippen molar-refractivity contribution in [1.29, 1.82) is 0 Å². The fourth-order valence-corrected chi connectivity index (χ4v) is 3.27. The molecule has 0 aromatic rings. The van der Waals surface area contributed by atoms with Gasteiger partial charge in [0.15, 0.2) is 5.96 Å². The number of rotatable bonds is 4. The van der Waals surface area contributed by atoms with Gasteiger partial charge in [-0.05, 0) is 44.8 Å². The molecule has 4 heteroatoms. The first-order valence-corrected chi connectivity index (χ1v) is 8.12. The van der Waals surface area contributed by atoms with Crippen LogP contribution in [0, 0.1) is 5.92 Å². The Labute approximate surface area is 109 Å². The van der Waals surface area contributed by atoms with Crippen molar-refractivity contribution in [2.75, 3.05) is 12.8 Å². The molecule has 3 nitrogen and oxygen atoms in total. The summed E-state index contributed by atoms with van der Waals surface area (Å²) in [4.78, 5) is 4.54. The van der Waals surface area contributed by atoms with Gasteiger partial charge in [0.25, 0.3) is 0 Å². The van der Waals surface area contributed by atoms with Gasteiger partial charge >= 0.3 is 0 Å². The summed E-state index contributed by atoms with van der Waals surface area (Å²) >= 11 is 2.00. The minimum atomic E-state index is 0.624. The van der Waals surface area contributed by atoms with Crippen molar-refractivity contribution in [3.63, 3.8) is 0 Å². The number of nitrogens with zero attached hydrogens (tertiary/aromatic N) is 1. The molecule has 0 aromatic heterocycles. The van der Waals surface area contributed by atoms with Gasteiger partial charge in [-0.1, -0.05) is 6.92 Å². The maximum Gasteiger partial charge on any atom is 0.191 e. The van der Waals surface area contributed by atoms with E-state index in [1.165, 1.54) is 25.7 Å². The SMILES string of the molecule is CCN=C(NC1CCC(SC)C1)NC1CC1C. The summed E-state index contributed by atoms with van der Waals surface area (Å²) in [5.41, 5.74) is 0. The second kappa shape index (κ2) is 5.98. The number of guanidine groups is 1. The van der Waals surface area contributed by atoms with Gasteiger partial charge in [-0.15, -0.1) is 0 Å². The van der Waals surface area contributed by atoms with Crippen LogP contribution in [-0.4, -0.2) is 36.1 Å². The summed E-state index contributed by atoms with van der Waals surface area (Å²) < 4.78 is 0. The average Bonchev–Trinajstić information content (AvgIpc) is 2.81. The third-order valence-corrected chi connectivity index (χ3v) is 4.90. The topological polar surface area (TPSA) is 36.4 Å². The number of hydrogen-bond donors (Lipinski definition) is 2. The van der Waals surface area contributed by atoms with Gasteiger partial charge in [-0.2, -0.15) is 11.8 Å². The summed E-state index contributed by atoms with van der Waals surface area (Å²) in [6, 6.07) is 1.28. The molecule has 2 aliphatic carbocycles. The van der Waals surface area contributed by atoms with Crippen molar-refractivity contribution in [3.05, 3.63) is 0 Å². The second-order valence-electron chi connectivity index (χ2n) is 5.30. The molecule has 4 atom stereocenters. The zero-order valence-corrected chi connectivity index (χ0v) is 12.0. The highest BCUT2D eigenvalue weighted by Crippen LogP contribution is 2.30. The monoisotopic (exact) mass is 255 g/mol. The van der Waals surface area contributed by atoms with Gasteiger partial charge in [0.2, 0.25) is 0 Å². The smallest absolute Gasteiger partial charge is 0.191 e. The number of hydrogen-bond acceptors (Lipinski definition) is 2. The highest BCUT2D eigenvalue weighted by molar-refractivity contribution is 7.99. The summed E-state index contributed by atoms with van der Waals surface area (Å²) in [5.74, 6) is 1.86. The molecular weight excluding hydrogens is 230 g/mol. The van der Waals surface area contributed by atoms with E-state index in [0.29, 0.717) is 12.1 Å². The standard InChI is InChI=1S/C13H25N3S/c1-4-14-13(16-12-7-9(12)2)15-10-5-6-11(8-10)17-3/h9-12H,4-8H2,1-3H3,(H2,14,15,16). The Bertz CT molecular complexity index is 280. The van der Waals surface area contributed by atoms with Crippen LogP contribution in [0.15, 0.2) is 4.99 Å². The first-order valence-electron chi connectivity index (χ1n) is 6.83. The van der Waals surface area contributed by atoms with Crippen LogP contribution in [0.1, 0.15) is 39.5 Å². The molecule has 0 radical (unpaired) electrons. The van der Waals surface area contributed by atoms with Crippen LogP contribution < -0.4 is 10.6 Å². The predicted octanol–water partition coefficient (Wildman–Crippen LogP) is 2.23. The van der Waals surface area contributed by atoms with Crippen LogP contribution in [0.3, 0.4) is 0 Å². The van der Waals surface area contributed by atoms with Gasteiger partial charge in [-0.3, -0.25) is 4.99 Å². The number of thioether (sulfide) groups is 1. The molecule has 4 unspecified atom stereocenters. The van der Waals surface area contributed by atoms with Crippen molar-refractivity contribution in [1.82, 2.24) is 10.6 Å². The average molecular weight is 255 g/mol. The van der Waals surface area contributed by atoms with E-state index in [9.17, 15) is 0 Å². The van der Waals surface area contributed by atoms with Gasteiger partial charge in [0.05, 0.1) is 0 Å². The third kappa shape index (κ3) is 3.80. The lowest BCUT2D eigenvalue weighted by molar-refractivity contribution is 0.610. The second-order valence-corrected chi connectivity index (χ2v) is 6.44. The zero-order valence-electron chi connectivity index (χ0n) is 11.2. The van der Waals surface area contributed by atoms with E-state index >= 15 is 0 Å². The molecule has 0 saturated heterocycles. The zero-order chi connectivity index (χ0) is 12.3. The Balaban J connectivity index is 1.79. The highest BCUT2D eigenvalue weighted by Gasteiger charge is 2.34. The number of aliphatic imine (C=N–C) groups is 1. The highest BCUT2D eigenvalue weighted by atomic mass is 32.2. The van der Waals surface area contributed by atoms with Crippen LogP contribution in [-0.2, 0) is 0 Å². The first-order chi connectivity index (χ1) is 8.22. The van der Waals surface area contributed by atoms with Crippen molar-refractivity contribution in [2.24, 2.45) is 10.9 Å². The molecule has 17 heavy (non-hydrogen) atoms. The molecule has 2 saturated carbocycles. The first kappa shape index (κ1) is 13.1. The largest absolute Gasteiger partial charge is 0.354 e. The van der Waals surface area contributed by atoms with E-state index in [2.05, 4.69) is 35.7 Å². The van der Waals surface area contributed by atoms with E-state index in [-0.39, 0.29) is 0 Å². The molecule has 0 heterocycles. The molecule has 0 amide bonds. The van der Waals surface area contributed by atoms with Gasteiger partial charge in [0.1, 0.15) is 0 Å².